The average molecular weight is 573 g/mol. The molecule has 0 aromatic heterocycles. The number of hydrogen-bond donors (Lipinski definition) is 3. The van der Waals surface area contributed by atoms with Gasteiger partial charge in [0.25, 0.3) is 0 Å². The van der Waals surface area contributed by atoms with E-state index in [9.17, 15) is 39.3 Å². The van der Waals surface area contributed by atoms with Crippen LogP contribution in [0, 0.1) is 34.5 Å². The zero-order valence-corrected chi connectivity index (χ0v) is 24.5. The molecule has 0 heterocycles. The van der Waals surface area contributed by atoms with Crippen molar-refractivity contribution in [3.05, 3.63) is 64.7 Å². The number of carbonyl (C=O) groups excluding carboxylic acids is 5. The number of aliphatic hydroxyl groups is 2. The van der Waals surface area contributed by atoms with E-state index in [0.29, 0.717) is 11.1 Å². The molecule has 2 saturated carbocycles. The lowest BCUT2D eigenvalue weighted by Crippen LogP contribution is -2.81. The van der Waals surface area contributed by atoms with Crippen LogP contribution in [0.15, 0.2) is 42.5 Å². The molecule has 4 unspecified atom stereocenters. The Kier molecular flexibility index (Phi) is 6.83. The van der Waals surface area contributed by atoms with Crippen LogP contribution < -0.4 is 0 Å². The van der Waals surface area contributed by atoms with E-state index in [1.807, 2.05) is 30.3 Å². The molecule has 3 aliphatic rings. The zero-order chi connectivity index (χ0) is 31.1. The van der Waals surface area contributed by atoms with Gasteiger partial charge in [-0.25, -0.2) is 0 Å². The third-order valence-corrected chi connectivity index (χ3v) is 10.5. The van der Waals surface area contributed by atoms with Crippen molar-refractivity contribution in [3.8, 4) is 5.75 Å². The third kappa shape index (κ3) is 3.51. The van der Waals surface area contributed by atoms with Crippen molar-refractivity contribution in [2.24, 2.45) is 34.5 Å². The maximum atomic E-state index is 14.5. The molecule has 8 nitrogen and oxygen atoms in total. The number of carbonyl (C=O) groups is 5. The number of aliphatic hydroxyl groups excluding tert-OH is 1. The smallest absolute Gasteiger partial charge is 0.191 e. The summed E-state index contributed by atoms with van der Waals surface area (Å²) < 4.78 is 0. The van der Waals surface area contributed by atoms with Crippen LogP contribution in [-0.2, 0) is 19.2 Å². The van der Waals surface area contributed by atoms with Crippen LogP contribution in [0.2, 0.25) is 0 Å². The molecule has 0 spiro atoms. The van der Waals surface area contributed by atoms with Gasteiger partial charge in [0.15, 0.2) is 28.7 Å². The van der Waals surface area contributed by atoms with E-state index in [-0.39, 0.29) is 11.3 Å². The summed E-state index contributed by atoms with van der Waals surface area (Å²) in [4.78, 5) is 68.7. The Morgan fingerprint density at radius 3 is 2.14 bits per heavy atom. The quantitative estimate of drug-likeness (QED) is 0.371. The maximum Gasteiger partial charge on any atom is 0.191 e. The van der Waals surface area contributed by atoms with Crippen LogP contribution >= 0.6 is 0 Å². The Bertz CT molecular complexity index is 1570. The molecule has 8 heteroatoms. The maximum absolute atomic E-state index is 14.5. The molecule has 2 aromatic rings. The molecule has 2 fully saturated rings. The predicted octanol–water partition coefficient (Wildman–Crippen LogP) is 3.80. The Balaban J connectivity index is 1.72. The van der Waals surface area contributed by atoms with Gasteiger partial charge in [-0.3, -0.25) is 24.0 Å². The second kappa shape index (κ2) is 9.64. The molecule has 0 radical (unpaired) electrons. The first-order valence-corrected chi connectivity index (χ1v) is 14.2. The predicted molar refractivity (Wildman–Crippen MR) is 154 cm³/mol. The molecule has 0 saturated heterocycles. The summed E-state index contributed by atoms with van der Waals surface area (Å²) in [6.45, 7) is 9.00. The first-order valence-electron chi connectivity index (χ1n) is 14.2. The molecule has 42 heavy (non-hydrogen) atoms. The highest BCUT2D eigenvalue weighted by molar-refractivity contribution is 6.33. The summed E-state index contributed by atoms with van der Waals surface area (Å²) in [6, 6.07) is 12.7. The number of ketones is 5. The summed E-state index contributed by atoms with van der Waals surface area (Å²) in [5.74, 6) is -11.3. The van der Waals surface area contributed by atoms with Gasteiger partial charge < -0.3 is 15.3 Å². The molecule has 2 aromatic carbocycles. The van der Waals surface area contributed by atoms with Gasteiger partial charge in [0.05, 0.1) is 17.6 Å². The molecule has 3 N–H and O–H groups in total. The standard InChI is InChI=1S/C34H36O8/c1-16(2)24-27(37)22(18(4)35)29(39)34(42)30(40)25-28(38)23-21(17(3)32(25,5)31(41)33(24,34)6)15-14-20(26(23)36)13-12-19-10-8-7-9-11-19/h7-17,22,24-25,31,36,41-42H,1-6H3/b13-12+/t17-,22?,24?,25?,31-,32+,33+,34?/m1/s1. The van der Waals surface area contributed by atoms with Crippen molar-refractivity contribution in [3.63, 3.8) is 0 Å². The van der Waals surface area contributed by atoms with Gasteiger partial charge in [0.2, 0.25) is 0 Å². The third-order valence-electron chi connectivity index (χ3n) is 10.5. The van der Waals surface area contributed by atoms with Gasteiger partial charge in [0, 0.05) is 22.3 Å². The number of phenols is 1. The van der Waals surface area contributed by atoms with Crippen LogP contribution in [0.5, 0.6) is 5.75 Å². The van der Waals surface area contributed by atoms with Crippen LogP contribution in [0.3, 0.4) is 0 Å². The second-order valence-corrected chi connectivity index (χ2v) is 12.9. The van der Waals surface area contributed by atoms with Gasteiger partial charge >= 0.3 is 0 Å². The van der Waals surface area contributed by atoms with Crippen molar-refractivity contribution in [1.29, 1.82) is 0 Å². The highest BCUT2D eigenvalue weighted by Crippen LogP contribution is 2.66. The lowest BCUT2D eigenvalue weighted by Gasteiger charge is -2.65. The Morgan fingerprint density at radius 2 is 1.57 bits per heavy atom. The number of aromatic hydroxyl groups is 1. The van der Waals surface area contributed by atoms with Gasteiger partial charge in [-0.15, -0.1) is 0 Å². The van der Waals surface area contributed by atoms with E-state index in [1.165, 1.54) is 6.92 Å². The minimum absolute atomic E-state index is 0.115. The molecule has 5 rings (SSSR count). The van der Waals surface area contributed by atoms with Crippen LogP contribution in [0.4, 0.5) is 0 Å². The number of Topliss-reactive ketones (excluding diaryl/α,β-unsaturated/α-hetero) is 5. The zero-order valence-electron chi connectivity index (χ0n) is 24.5. The Labute approximate surface area is 244 Å². The molecule has 0 aliphatic heterocycles. The van der Waals surface area contributed by atoms with Crippen molar-refractivity contribution >= 4 is 41.1 Å². The van der Waals surface area contributed by atoms with E-state index >= 15 is 0 Å². The molecule has 0 amide bonds. The van der Waals surface area contributed by atoms with Crippen LogP contribution in [0.25, 0.3) is 12.2 Å². The monoisotopic (exact) mass is 572 g/mol. The number of benzene rings is 2. The summed E-state index contributed by atoms with van der Waals surface area (Å²) in [6.07, 6.45) is 1.72. The molecule has 0 bridgehead atoms. The van der Waals surface area contributed by atoms with E-state index in [0.717, 1.165) is 12.5 Å². The number of rotatable bonds is 4. The fraction of sp³-hybridized carbons (Fsp3) is 0.441. The Hall–Kier alpha value is -3.75. The highest BCUT2D eigenvalue weighted by atomic mass is 16.3. The summed E-state index contributed by atoms with van der Waals surface area (Å²) >= 11 is 0. The number of fused-ring (bicyclic) bond motifs is 3. The fourth-order valence-electron chi connectivity index (χ4n) is 8.25. The van der Waals surface area contributed by atoms with E-state index in [4.69, 9.17) is 0 Å². The second-order valence-electron chi connectivity index (χ2n) is 12.9. The topological polar surface area (TPSA) is 146 Å². The summed E-state index contributed by atoms with van der Waals surface area (Å²) in [5, 5.41) is 35.7. The molecule has 220 valence electrons. The SMILES string of the molecule is CC(=O)C1C(=O)C(C(C)C)[C@@]2(C)[C@H](O)[C@]3(C)C(C(=O)c4c(ccc(/C=C/c5ccccc5)c4O)[C@H]3C)C(=O)C2(O)C1=O. The summed E-state index contributed by atoms with van der Waals surface area (Å²) in [5.41, 5.74) is -5.07. The molecule has 8 atom stereocenters. The highest BCUT2D eigenvalue weighted by Gasteiger charge is 2.80. The van der Waals surface area contributed by atoms with Gasteiger partial charge in [0.1, 0.15) is 17.5 Å². The van der Waals surface area contributed by atoms with Gasteiger partial charge in [-0.05, 0) is 29.9 Å². The number of hydrogen-bond acceptors (Lipinski definition) is 8. The van der Waals surface area contributed by atoms with Crippen LogP contribution in [0.1, 0.15) is 74.5 Å². The minimum atomic E-state index is -2.98. The molecular weight excluding hydrogens is 536 g/mol. The lowest BCUT2D eigenvalue weighted by molar-refractivity contribution is -0.240. The van der Waals surface area contributed by atoms with E-state index in [2.05, 4.69) is 0 Å². The molecule has 3 aliphatic carbocycles. The van der Waals surface area contributed by atoms with E-state index in [1.54, 1.807) is 52.0 Å². The molecular formula is C34H36O8. The fourth-order valence-corrected chi connectivity index (χ4v) is 8.25. The van der Waals surface area contributed by atoms with Crippen LogP contribution in [-0.4, -0.2) is 55.9 Å². The first-order chi connectivity index (χ1) is 19.6. The van der Waals surface area contributed by atoms with Gasteiger partial charge in [-0.2, -0.15) is 0 Å². The largest absolute Gasteiger partial charge is 0.507 e. The first kappa shape index (κ1) is 29.7. The summed E-state index contributed by atoms with van der Waals surface area (Å²) in [7, 11) is 0. The Morgan fingerprint density at radius 1 is 0.952 bits per heavy atom. The van der Waals surface area contributed by atoms with Gasteiger partial charge in [-0.1, -0.05) is 89.2 Å². The van der Waals surface area contributed by atoms with Crippen molar-refractivity contribution < 1.29 is 39.3 Å². The van der Waals surface area contributed by atoms with Crippen molar-refractivity contribution in [2.45, 2.75) is 59.2 Å². The minimum Gasteiger partial charge on any atom is -0.507 e. The lowest BCUT2D eigenvalue weighted by atomic mass is 9.37. The number of phenolic OH excluding ortho intramolecular Hbond substituents is 1. The van der Waals surface area contributed by atoms with Crippen molar-refractivity contribution in [1.82, 2.24) is 0 Å². The van der Waals surface area contributed by atoms with E-state index < -0.39 is 81.0 Å². The van der Waals surface area contributed by atoms with Crippen molar-refractivity contribution in [2.75, 3.05) is 0 Å². The normalized spacial score (nSPS) is 36.2. The average Bonchev–Trinajstić information content (AvgIpc) is 2.93.